The van der Waals surface area contributed by atoms with Gasteiger partial charge in [-0.05, 0) is 101 Å². The van der Waals surface area contributed by atoms with Gasteiger partial charge in [-0.2, -0.15) is 0 Å². The lowest BCUT2D eigenvalue weighted by atomic mass is 10.1. The molecule has 316 valence electrons. The number of rotatable bonds is 5. The Labute approximate surface area is 341 Å². The van der Waals surface area contributed by atoms with Gasteiger partial charge in [0.1, 0.15) is 11.6 Å². The number of hydrogen-bond acceptors (Lipinski definition) is 9. The smallest absolute Gasteiger partial charge is 0.219 e. The number of benzene rings is 2. The molecular weight excluding hydrogens is 723 g/mol. The molecule has 1 unspecified atom stereocenters. The van der Waals surface area contributed by atoms with Crippen LogP contribution in [-0.4, -0.2) is 129 Å². The Bertz CT molecular complexity index is 1530. The van der Waals surface area contributed by atoms with Crippen molar-refractivity contribution in [2.24, 2.45) is 0 Å². The highest BCUT2D eigenvalue weighted by molar-refractivity contribution is 5.94. The summed E-state index contributed by atoms with van der Waals surface area (Å²) < 4.78 is 5.28. The van der Waals surface area contributed by atoms with Gasteiger partial charge in [0.25, 0.3) is 0 Å². The summed E-state index contributed by atoms with van der Waals surface area (Å²) in [6.07, 6.45) is 9.73. The standard InChI is InChI=1S/C14H18N2O2.C11H15NO.C7H11NO2.C7H13NO.C6H12O/c1-11(17)13-3-5-14(6-4-13)16-9-7-15(8-10-16)12(2)18;1-9(13)8-10-4-6-11(7-5-10)12(2)3;1-6(9)8-4-2-7(10)3-5-8;1-7(9)8-5-3-2-4-6-8;1-6-4-2-3-5-7-6/h3-6H,7-10H2,1-2H3;4-7H,8H2,1-3H3;2-5H2,1H3;2-6H2,1H3;6H,2-5H2,1H3. The van der Waals surface area contributed by atoms with Crippen LogP contribution in [-0.2, 0) is 35.1 Å². The molecule has 2 aromatic rings. The third kappa shape index (κ3) is 19.9. The van der Waals surface area contributed by atoms with Crippen LogP contribution in [0.5, 0.6) is 0 Å². The maximum atomic E-state index is 11.2. The van der Waals surface area contributed by atoms with Gasteiger partial charge in [0.15, 0.2) is 5.78 Å². The zero-order valence-corrected chi connectivity index (χ0v) is 36.0. The summed E-state index contributed by atoms with van der Waals surface area (Å²) in [6, 6.07) is 15.7. The first-order valence-corrected chi connectivity index (χ1v) is 20.6. The number of hydrogen-bond donors (Lipinski definition) is 0. The van der Waals surface area contributed by atoms with E-state index in [1.165, 1.54) is 45.4 Å². The van der Waals surface area contributed by atoms with Gasteiger partial charge in [-0.25, -0.2) is 0 Å². The molecule has 0 N–H and O–H groups in total. The predicted octanol–water partition coefficient (Wildman–Crippen LogP) is 6.23. The highest BCUT2D eigenvalue weighted by atomic mass is 16.5. The molecule has 1 atom stereocenters. The van der Waals surface area contributed by atoms with Gasteiger partial charge in [0.05, 0.1) is 6.10 Å². The van der Waals surface area contributed by atoms with Crippen molar-refractivity contribution in [3.05, 3.63) is 59.7 Å². The van der Waals surface area contributed by atoms with Gasteiger partial charge < -0.3 is 29.2 Å². The fourth-order valence-corrected chi connectivity index (χ4v) is 6.57. The maximum Gasteiger partial charge on any atom is 0.219 e. The van der Waals surface area contributed by atoms with Crippen molar-refractivity contribution < 1.29 is 33.5 Å². The van der Waals surface area contributed by atoms with E-state index in [-0.39, 0.29) is 35.1 Å². The normalized spacial score (nSPS) is 17.8. The minimum atomic E-state index is 0.0764. The summed E-state index contributed by atoms with van der Waals surface area (Å²) in [4.78, 5) is 75.2. The van der Waals surface area contributed by atoms with E-state index >= 15 is 0 Å². The van der Waals surface area contributed by atoms with Gasteiger partial charge in [0, 0.05) is 130 Å². The van der Waals surface area contributed by atoms with E-state index in [0.717, 1.165) is 68.4 Å². The van der Waals surface area contributed by atoms with E-state index in [2.05, 4.69) is 11.8 Å². The van der Waals surface area contributed by atoms with Crippen LogP contribution in [0.1, 0.15) is 109 Å². The zero-order valence-electron chi connectivity index (χ0n) is 36.0. The molecule has 0 aromatic heterocycles. The topological polar surface area (TPSA) is 128 Å². The summed E-state index contributed by atoms with van der Waals surface area (Å²) in [5.41, 5.74) is 4.09. The minimum Gasteiger partial charge on any atom is -0.379 e. The first-order chi connectivity index (χ1) is 27.1. The van der Waals surface area contributed by atoms with E-state index < -0.39 is 0 Å². The van der Waals surface area contributed by atoms with Gasteiger partial charge in [-0.1, -0.05) is 12.1 Å². The average molecular weight is 792 g/mol. The summed E-state index contributed by atoms with van der Waals surface area (Å²) in [5, 5.41) is 0. The number of ketones is 3. The Balaban J connectivity index is 0.000000256. The van der Waals surface area contributed by atoms with E-state index in [0.29, 0.717) is 38.5 Å². The van der Waals surface area contributed by atoms with Crippen LogP contribution in [0.3, 0.4) is 0 Å². The molecule has 4 fully saturated rings. The Hall–Kier alpha value is -4.58. The number of anilines is 2. The largest absolute Gasteiger partial charge is 0.379 e. The third-order valence-corrected chi connectivity index (χ3v) is 10.2. The molecule has 4 heterocycles. The summed E-state index contributed by atoms with van der Waals surface area (Å²) in [5.74, 6) is 1.02. The molecule has 0 bridgehead atoms. The van der Waals surface area contributed by atoms with Gasteiger partial charge in [-0.3, -0.25) is 28.8 Å². The Morgan fingerprint density at radius 3 is 1.53 bits per heavy atom. The first-order valence-electron chi connectivity index (χ1n) is 20.6. The van der Waals surface area contributed by atoms with Gasteiger partial charge in [0.2, 0.25) is 17.7 Å². The van der Waals surface area contributed by atoms with Crippen molar-refractivity contribution in [2.45, 2.75) is 105 Å². The average Bonchev–Trinajstić information content (AvgIpc) is 3.20. The van der Waals surface area contributed by atoms with Crippen molar-refractivity contribution >= 4 is 46.4 Å². The maximum absolute atomic E-state index is 11.2. The molecular formula is C45H69N5O7. The number of ether oxygens (including phenoxy) is 1. The molecule has 4 saturated heterocycles. The number of likely N-dealkylation sites (tertiary alicyclic amines) is 2. The summed E-state index contributed by atoms with van der Waals surface area (Å²) in [7, 11) is 4.00. The van der Waals surface area contributed by atoms with E-state index in [4.69, 9.17) is 4.74 Å². The number of piperazine rings is 1. The monoisotopic (exact) mass is 792 g/mol. The number of Topliss-reactive ketones (excluding diaryl/α,β-unsaturated/α-hetero) is 3. The van der Waals surface area contributed by atoms with E-state index in [9.17, 15) is 28.8 Å². The first kappa shape index (κ1) is 48.6. The van der Waals surface area contributed by atoms with Gasteiger partial charge in [-0.15, -0.1) is 0 Å². The molecule has 12 heteroatoms. The van der Waals surface area contributed by atoms with Crippen molar-refractivity contribution in [2.75, 3.05) is 82.9 Å². The molecule has 3 amide bonds. The lowest BCUT2D eigenvalue weighted by molar-refractivity contribution is -0.133. The molecule has 0 aliphatic carbocycles. The second kappa shape index (κ2) is 26.4. The molecule has 4 aliphatic heterocycles. The Kier molecular flexibility index (Phi) is 22.5. The SMILES string of the molecule is CC(=O)Cc1ccc(N(C)C)cc1.CC(=O)N1CCC(=O)CC1.CC(=O)N1CCCCC1.CC(=O)c1ccc(N2CCN(C(C)=O)CC2)cc1.CC1CCCCO1. The third-order valence-electron chi connectivity index (χ3n) is 10.2. The number of carbonyl (C=O) groups excluding carboxylic acids is 6. The molecule has 6 rings (SSSR count). The minimum absolute atomic E-state index is 0.0764. The number of nitrogens with zero attached hydrogens (tertiary/aromatic N) is 5. The van der Waals surface area contributed by atoms with Crippen molar-refractivity contribution in [1.82, 2.24) is 14.7 Å². The van der Waals surface area contributed by atoms with Crippen LogP contribution in [0, 0.1) is 0 Å². The van der Waals surface area contributed by atoms with Crippen LogP contribution in [0.15, 0.2) is 48.5 Å². The molecule has 0 radical (unpaired) electrons. The summed E-state index contributed by atoms with van der Waals surface area (Å²) >= 11 is 0. The Morgan fingerprint density at radius 1 is 0.632 bits per heavy atom. The van der Waals surface area contributed by atoms with Crippen molar-refractivity contribution in [1.29, 1.82) is 0 Å². The molecule has 0 spiro atoms. The fraction of sp³-hybridized carbons (Fsp3) is 0.600. The summed E-state index contributed by atoms with van der Waals surface area (Å²) in [6.45, 7) is 17.5. The van der Waals surface area contributed by atoms with Crippen molar-refractivity contribution in [3.63, 3.8) is 0 Å². The molecule has 0 saturated carbocycles. The highest BCUT2D eigenvalue weighted by Gasteiger charge is 2.19. The van der Waals surface area contributed by atoms with E-state index in [1.807, 2.05) is 77.3 Å². The predicted molar refractivity (Wildman–Crippen MR) is 228 cm³/mol. The van der Waals surface area contributed by atoms with E-state index in [1.54, 1.807) is 32.6 Å². The number of carbonyl (C=O) groups is 6. The molecule has 4 aliphatic rings. The quantitative estimate of drug-likeness (QED) is 0.324. The molecule has 12 nitrogen and oxygen atoms in total. The molecule has 2 aromatic carbocycles. The molecule has 57 heavy (non-hydrogen) atoms. The van der Waals surface area contributed by atoms with Crippen molar-refractivity contribution in [3.8, 4) is 0 Å². The Morgan fingerprint density at radius 2 is 1.14 bits per heavy atom. The lowest BCUT2D eigenvalue weighted by Gasteiger charge is -2.35. The number of amides is 3. The van der Waals surface area contributed by atoms with Gasteiger partial charge >= 0.3 is 0 Å². The fourth-order valence-electron chi connectivity index (χ4n) is 6.57. The highest BCUT2D eigenvalue weighted by Crippen LogP contribution is 2.18. The van der Waals surface area contributed by atoms with Crippen LogP contribution >= 0.6 is 0 Å². The second-order valence-corrected chi connectivity index (χ2v) is 15.3. The van der Waals surface area contributed by atoms with Crippen LogP contribution < -0.4 is 9.80 Å². The van der Waals surface area contributed by atoms with Crippen LogP contribution in [0.25, 0.3) is 0 Å². The number of piperidine rings is 2. The lowest BCUT2D eigenvalue weighted by Crippen LogP contribution is -2.48. The second-order valence-electron chi connectivity index (χ2n) is 15.3. The van der Waals surface area contributed by atoms with Crippen LogP contribution in [0.4, 0.5) is 11.4 Å². The zero-order chi connectivity index (χ0) is 42.3. The van der Waals surface area contributed by atoms with Crippen LogP contribution in [0.2, 0.25) is 0 Å².